The van der Waals surface area contributed by atoms with E-state index in [9.17, 15) is 4.79 Å². The van der Waals surface area contributed by atoms with Gasteiger partial charge in [0.1, 0.15) is 0 Å². The third kappa shape index (κ3) is 2.13. The zero-order valence-electron chi connectivity index (χ0n) is 10.3. The van der Waals surface area contributed by atoms with E-state index >= 15 is 0 Å². The highest BCUT2D eigenvalue weighted by molar-refractivity contribution is 5.73. The van der Waals surface area contributed by atoms with E-state index in [-0.39, 0.29) is 11.8 Å². The second-order valence-corrected chi connectivity index (χ2v) is 4.26. The van der Waals surface area contributed by atoms with Crippen LogP contribution < -0.4 is 11.5 Å². The van der Waals surface area contributed by atoms with E-state index in [4.69, 9.17) is 10.2 Å². The molecule has 4 heteroatoms. The number of benzene rings is 1. The van der Waals surface area contributed by atoms with E-state index in [1.54, 1.807) is 4.57 Å². The highest BCUT2D eigenvalue weighted by Crippen LogP contribution is 2.20. The molecule has 2 aromatic rings. The van der Waals surface area contributed by atoms with Gasteiger partial charge in [0.25, 0.3) is 0 Å². The van der Waals surface area contributed by atoms with Crippen LogP contribution >= 0.6 is 0 Å². The van der Waals surface area contributed by atoms with Crippen LogP contribution in [0.4, 0.5) is 0 Å². The van der Waals surface area contributed by atoms with Crippen LogP contribution in [0.2, 0.25) is 0 Å². The first-order valence-electron chi connectivity index (χ1n) is 6.06. The molecule has 0 amide bonds. The highest BCUT2D eigenvalue weighted by atomic mass is 16.4. The Labute approximate surface area is 100 Å². The first kappa shape index (κ1) is 11.9. The number of aryl methyl sites for hydroxylation is 1. The predicted molar refractivity (Wildman–Crippen MR) is 68.0 cm³/mol. The van der Waals surface area contributed by atoms with E-state index < -0.39 is 0 Å². The van der Waals surface area contributed by atoms with Crippen LogP contribution in [0.5, 0.6) is 0 Å². The average Bonchev–Trinajstić information content (AvgIpc) is 2.64. The molecule has 2 N–H and O–H groups in total. The first-order chi connectivity index (χ1) is 8.17. The molecule has 92 valence electrons. The zero-order valence-corrected chi connectivity index (χ0v) is 10.3. The Hall–Kier alpha value is -1.55. The quantitative estimate of drug-likeness (QED) is 0.883. The SMILES string of the molecule is CCCn1c(=O)oc2cc([C@H](N)CC)ccc21. The van der Waals surface area contributed by atoms with Crippen molar-refractivity contribution in [1.82, 2.24) is 4.57 Å². The molecule has 1 heterocycles. The topological polar surface area (TPSA) is 61.2 Å². The lowest BCUT2D eigenvalue weighted by Crippen LogP contribution is -2.13. The molecule has 0 aliphatic heterocycles. The van der Waals surface area contributed by atoms with Crippen molar-refractivity contribution in [3.63, 3.8) is 0 Å². The molecule has 1 aromatic heterocycles. The Morgan fingerprint density at radius 3 is 2.82 bits per heavy atom. The molecule has 0 bridgehead atoms. The maximum Gasteiger partial charge on any atom is 0.419 e. The summed E-state index contributed by atoms with van der Waals surface area (Å²) in [7, 11) is 0. The fourth-order valence-corrected chi connectivity index (χ4v) is 1.98. The molecule has 0 saturated carbocycles. The summed E-state index contributed by atoms with van der Waals surface area (Å²) in [5.74, 6) is -0.288. The fourth-order valence-electron chi connectivity index (χ4n) is 1.98. The molecule has 0 radical (unpaired) electrons. The van der Waals surface area contributed by atoms with Crippen LogP contribution in [-0.2, 0) is 6.54 Å². The number of rotatable bonds is 4. The molecule has 0 unspecified atom stereocenters. The molecule has 0 aliphatic rings. The Kier molecular flexibility index (Phi) is 3.33. The second kappa shape index (κ2) is 4.75. The minimum Gasteiger partial charge on any atom is -0.408 e. The number of hydrogen-bond donors (Lipinski definition) is 1. The van der Waals surface area contributed by atoms with Gasteiger partial charge in [0.2, 0.25) is 0 Å². The van der Waals surface area contributed by atoms with Gasteiger partial charge in [-0.05, 0) is 30.5 Å². The van der Waals surface area contributed by atoms with Crippen molar-refractivity contribution >= 4 is 11.1 Å². The summed E-state index contributed by atoms with van der Waals surface area (Å²) in [6.45, 7) is 4.75. The molecular weight excluding hydrogens is 216 g/mol. The van der Waals surface area contributed by atoms with Gasteiger partial charge >= 0.3 is 5.76 Å². The molecule has 0 aliphatic carbocycles. The average molecular weight is 234 g/mol. The van der Waals surface area contributed by atoms with Crippen LogP contribution in [0.25, 0.3) is 11.1 Å². The van der Waals surface area contributed by atoms with Gasteiger partial charge in [-0.2, -0.15) is 0 Å². The summed E-state index contributed by atoms with van der Waals surface area (Å²) in [6.07, 6.45) is 1.77. The minimum absolute atomic E-state index is 0.000716. The van der Waals surface area contributed by atoms with Gasteiger partial charge < -0.3 is 10.2 Å². The highest BCUT2D eigenvalue weighted by Gasteiger charge is 2.11. The van der Waals surface area contributed by atoms with Crippen LogP contribution in [0, 0.1) is 0 Å². The molecular formula is C13H18N2O2. The second-order valence-electron chi connectivity index (χ2n) is 4.26. The molecule has 1 aromatic carbocycles. The van der Waals surface area contributed by atoms with Gasteiger partial charge in [-0.25, -0.2) is 4.79 Å². The number of oxazole rings is 1. The molecule has 0 saturated heterocycles. The largest absolute Gasteiger partial charge is 0.419 e. The van der Waals surface area contributed by atoms with Gasteiger partial charge in [0.05, 0.1) is 5.52 Å². The van der Waals surface area contributed by atoms with Crippen molar-refractivity contribution in [3.8, 4) is 0 Å². The summed E-state index contributed by atoms with van der Waals surface area (Å²) in [6, 6.07) is 5.76. The van der Waals surface area contributed by atoms with E-state index in [1.165, 1.54) is 0 Å². The monoisotopic (exact) mass is 234 g/mol. The molecule has 4 nitrogen and oxygen atoms in total. The smallest absolute Gasteiger partial charge is 0.408 e. The van der Waals surface area contributed by atoms with Gasteiger partial charge in [-0.1, -0.05) is 19.9 Å². The fraction of sp³-hybridized carbons (Fsp3) is 0.462. The van der Waals surface area contributed by atoms with Crippen LogP contribution in [-0.4, -0.2) is 4.57 Å². The molecule has 1 atom stereocenters. The van der Waals surface area contributed by atoms with Crippen LogP contribution in [0.3, 0.4) is 0 Å². The van der Waals surface area contributed by atoms with Gasteiger partial charge in [0, 0.05) is 12.6 Å². The van der Waals surface area contributed by atoms with Gasteiger partial charge in [-0.15, -0.1) is 0 Å². The lowest BCUT2D eigenvalue weighted by molar-refractivity contribution is 0.502. The normalized spacial score (nSPS) is 13.1. The Bertz CT molecular complexity index is 568. The number of aromatic nitrogens is 1. The number of nitrogens with zero attached hydrogens (tertiary/aromatic N) is 1. The summed E-state index contributed by atoms with van der Waals surface area (Å²) in [4.78, 5) is 11.6. The van der Waals surface area contributed by atoms with E-state index in [0.29, 0.717) is 12.1 Å². The molecule has 2 rings (SSSR count). The third-order valence-corrected chi connectivity index (χ3v) is 3.01. The van der Waals surface area contributed by atoms with E-state index in [2.05, 4.69) is 0 Å². The van der Waals surface area contributed by atoms with Crippen LogP contribution in [0.1, 0.15) is 38.3 Å². The number of fused-ring (bicyclic) bond motifs is 1. The Morgan fingerprint density at radius 1 is 1.41 bits per heavy atom. The van der Waals surface area contributed by atoms with Crippen molar-refractivity contribution in [2.24, 2.45) is 5.73 Å². The maximum atomic E-state index is 11.6. The summed E-state index contributed by atoms with van der Waals surface area (Å²) >= 11 is 0. The number of nitrogens with two attached hydrogens (primary N) is 1. The molecule has 17 heavy (non-hydrogen) atoms. The standard InChI is InChI=1S/C13H18N2O2/c1-3-7-15-11-6-5-9(10(14)4-2)8-12(11)17-13(15)16/h5-6,8,10H,3-4,7,14H2,1-2H3/t10-/m1/s1. The summed E-state index contributed by atoms with van der Waals surface area (Å²) in [5, 5.41) is 0. The summed E-state index contributed by atoms with van der Waals surface area (Å²) in [5.41, 5.74) is 8.45. The van der Waals surface area contributed by atoms with Crippen molar-refractivity contribution in [3.05, 3.63) is 34.3 Å². The van der Waals surface area contributed by atoms with Crippen LogP contribution in [0.15, 0.2) is 27.4 Å². The maximum absolute atomic E-state index is 11.6. The first-order valence-corrected chi connectivity index (χ1v) is 6.06. The zero-order chi connectivity index (χ0) is 12.4. The van der Waals surface area contributed by atoms with E-state index in [0.717, 1.165) is 23.9 Å². The summed E-state index contributed by atoms with van der Waals surface area (Å²) < 4.78 is 6.90. The Morgan fingerprint density at radius 2 is 2.18 bits per heavy atom. The Balaban J connectivity index is 2.53. The minimum atomic E-state index is -0.288. The van der Waals surface area contributed by atoms with Gasteiger partial charge in [0.15, 0.2) is 5.58 Å². The van der Waals surface area contributed by atoms with Crippen molar-refractivity contribution in [1.29, 1.82) is 0 Å². The van der Waals surface area contributed by atoms with E-state index in [1.807, 2.05) is 32.0 Å². The number of hydrogen-bond acceptors (Lipinski definition) is 3. The van der Waals surface area contributed by atoms with Gasteiger partial charge in [-0.3, -0.25) is 4.57 Å². The molecule has 0 spiro atoms. The lowest BCUT2D eigenvalue weighted by atomic mass is 10.1. The van der Waals surface area contributed by atoms with Crippen molar-refractivity contribution in [2.75, 3.05) is 0 Å². The lowest BCUT2D eigenvalue weighted by Gasteiger charge is -2.08. The van der Waals surface area contributed by atoms with Crippen molar-refractivity contribution < 1.29 is 4.42 Å². The van der Waals surface area contributed by atoms with Crippen molar-refractivity contribution in [2.45, 2.75) is 39.3 Å². The third-order valence-electron chi connectivity index (χ3n) is 3.01. The predicted octanol–water partition coefficient (Wildman–Crippen LogP) is 2.41. The molecule has 0 fully saturated rings.